The van der Waals surface area contributed by atoms with Crippen LogP contribution in [0.25, 0.3) is 11.0 Å². The Labute approximate surface area is 122 Å². The minimum atomic E-state index is 0.803. The first-order valence-electron chi connectivity index (χ1n) is 6.54. The van der Waals surface area contributed by atoms with E-state index in [-0.39, 0.29) is 0 Å². The molecule has 0 atom stereocenters. The van der Waals surface area contributed by atoms with Crippen LogP contribution in [0.4, 0.5) is 5.69 Å². The van der Waals surface area contributed by atoms with Gasteiger partial charge in [0, 0.05) is 18.5 Å². The van der Waals surface area contributed by atoms with E-state index in [0.29, 0.717) is 0 Å². The molecule has 0 aliphatic rings. The third-order valence-electron chi connectivity index (χ3n) is 3.34. The summed E-state index contributed by atoms with van der Waals surface area (Å²) in [5, 5.41) is 1.04. The predicted molar refractivity (Wildman–Crippen MR) is 85.9 cm³/mol. The predicted octanol–water partition coefficient (Wildman–Crippen LogP) is 3.76. The number of nitrogens with zero attached hydrogens (tertiary/aromatic N) is 2. The Morgan fingerprint density at radius 2 is 1.90 bits per heavy atom. The highest BCUT2D eigenvalue weighted by molar-refractivity contribution is 7.98. The molecular weight excluding hydrogens is 266 g/mol. The minimum Gasteiger partial charge on any atom is -0.399 e. The van der Waals surface area contributed by atoms with E-state index in [1.54, 1.807) is 11.8 Å². The Bertz CT molecular complexity index is 744. The number of fused-ring (bicyclic) bond motifs is 1. The van der Waals surface area contributed by atoms with Crippen LogP contribution < -0.4 is 5.73 Å². The molecule has 0 saturated heterocycles. The molecule has 0 amide bonds. The van der Waals surface area contributed by atoms with Gasteiger partial charge in [-0.05, 0) is 42.3 Å². The number of benzene rings is 2. The summed E-state index contributed by atoms with van der Waals surface area (Å²) in [5.41, 5.74) is 11.2. The number of hydrogen-bond acceptors (Lipinski definition) is 3. The second-order valence-corrected chi connectivity index (χ2v) is 5.92. The summed E-state index contributed by atoms with van der Waals surface area (Å²) in [4.78, 5) is 4.71. The first-order valence-corrected chi connectivity index (χ1v) is 7.52. The van der Waals surface area contributed by atoms with Crippen molar-refractivity contribution >= 4 is 28.5 Å². The minimum absolute atomic E-state index is 0.803. The molecule has 3 nitrogen and oxygen atoms in total. The molecule has 4 heteroatoms. The molecule has 3 rings (SSSR count). The highest BCUT2D eigenvalue weighted by atomic mass is 32.2. The summed E-state index contributed by atoms with van der Waals surface area (Å²) in [7, 11) is 2.07. The average molecular weight is 283 g/mol. The van der Waals surface area contributed by atoms with Gasteiger partial charge in [0.25, 0.3) is 0 Å². The number of rotatable bonds is 3. The smallest absolute Gasteiger partial charge is 0.169 e. The molecule has 20 heavy (non-hydrogen) atoms. The summed E-state index contributed by atoms with van der Waals surface area (Å²) in [6.07, 6.45) is 0. The third kappa shape index (κ3) is 2.51. The summed E-state index contributed by atoms with van der Waals surface area (Å²) >= 11 is 1.75. The largest absolute Gasteiger partial charge is 0.399 e. The van der Waals surface area contributed by atoms with Gasteiger partial charge in [-0.25, -0.2) is 4.98 Å². The Balaban J connectivity index is 1.84. The molecule has 0 spiro atoms. The SMILES string of the molecule is Cc1ccc2c(c1)nc(SCc1ccc(N)cc1)n2C. The molecule has 0 fully saturated rings. The number of hydrogen-bond donors (Lipinski definition) is 1. The molecule has 0 radical (unpaired) electrons. The fraction of sp³-hybridized carbons (Fsp3) is 0.188. The van der Waals surface area contributed by atoms with E-state index in [1.807, 2.05) is 12.1 Å². The van der Waals surface area contributed by atoms with E-state index in [1.165, 1.54) is 16.6 Å². The van der Waals surface area contributed by atoms with Gasteiger partial charge in [0.05, 0.1) is 11.0 Å². The highest BCUT2D eigenvalue weighted by Gasteiger charge is 2.08. The van der Waals surface area contributed by atoms with Crippen molar-refractivity contribution in [3.05, 3.63) is 53.6 Å². The van der Waals surface area contributed by atoms with E-state index in [2.05, 4.69) is 48.9 Å². The maximum atomic E-state index is 5.70. The quantitative estimate of drug-likeness (QED) is 0.588. The molecule has 3 aromatic rings. The van der Waals surface area contributed by atoms with E-state index in [9.17, 15) is 0 Å². The number of anilines is 1. The average Bonchev–Trinajstić information content (AvgIpc) is 2.74. The topological polar surface area (TPSA) is 43.8 Å². The molecule has 1 aromatic heterocycles. The van der Waals surface area contributed by atoms with Gasteiger partial charge in [0.1, 0.15) is 0 Å². The van der Waals surface area contributed by atoms with Crippen molar-refractivity contribution in [2.24, 2.45) is 7.05 Å². The molecule has 2 aromatic carbocycles. The number of nitrogens with two attached hydrogens (primary N) is 1. The van der Waals surface area contributed by atoms with Crippen LogP contribution >= 0.6 is 11.8 Å². The van der Waals surface area contributed by atoms with Crippen molar-refractivity contribution in [2.75, 3.05) is 5.73 Å². The van der Waals surface area contributed by atoms with Gasteiger partial charge < -0.3 is 10.3 Å². The standard InChI is InChI=1S/C16H17N3S/c1-11-3-8-15-14(9-11)18-16(19(15)2)20-10-12-4-6-13(17)7-5-12/h3-9H,10,17H2,1-2H3. The van der Waals surface area contributed by atoms with Gasteiger partial charge in [-0.1, -0.05) is 30.0 Å². The van der Waals surface area contributed by atoms with Gasteiger partial charge in [-0.3, -0.25) is 0 Å². The number of nitrogen functional groups attached to an aromatic ring is 1. The van der Waals surface area contributed by atoms with Crippen molar-refractivity contribution in [1.29, 1.82) is 0 Å². The molecule has 0 bridgehead atoms. The van der Waals surface area contributed by atoms with Crippen LogP contribution in [0, 0.1) is 6.92 Å². The van der Waals surface area contributed by atoms with Gasteiger partial charge in [-0.15, -0.1) is 0 Å². The highest BCUT2D eigenvalue weighted by Crippen LogP contribution is 2.26. The van der Waals surface area contributed by atoms with Crippen LogP contribution in [0.5, 0.6) is 0 Å². The first kappa shape index (κ1) is 13.1. The van der Waals surface area contributed by atoms with Crippen LogP contribution in [-0.2, 0) is 12.8 Å². The normalized spacial score (nSPS) is 11.1. The van der Waals surface area contributed by atoms with Crippen molar-refractivity contribution in [2.45, 2.75) is 17.8 Å². The van der Waals surface area contributed by atoms with Gasteiger partial charge >= 0.3 is 0 Å². The van der Waals surface area contributed by atoms with E-state index in [4.69, 9.17) is 10.7 Å². The number of imidazole rings is 1. The summed E-state index contributed by atoms with van der Waals surface area (Å²) in [6, 6.07) is 14.4. The zero-order valence-corrected chi connectivity index (χ0v) is 12.4. The summed E-state index contributed by atoms with van der Waals surface area (Å²) in [5.74, 6) is 0.899. The fourth-order valence-electron chi connectivity index (χ4n) is 2.18. The van der Waals surface area contributed by atoms with Crippen molar-refractivity contribution in [3.8, 4) is 0 Å². The molecule has 0 aliphatic carbocycles. The van der Waals surface area contributed by atoms with Gasteiger partial charge in [-0.2, -0.15) is 0 Å². The number of aryl methyl sites for hydroxylation is 2. The second kappa shape index (κ2) is 5.21. The van der Waals surface area contributed by atoms with Crippen LogP contribution in [0.15, 0.2) is 47.6 Å². The van der Waals surface area contributed by atoms with Gasteiger partial charge in [0.15, 0.2) is 5.16 Å². The molecule has 102 valence electrons. The maximum absolute atomic E-state index is 5.70. The van der Waals surface area contributed by atoms with Crippen molar-refractivity contribution in [1.82, 2.24) is 9.55 Å². The van der Waals surface area contributed by atoms with E-state index in [0.717, 1.165) is 22.1 Å². The van der Waals surface area contributed by atoms with Crippen LogP contribution in [-0.4, -0.2) is 9.55 Å². The monoisotopic (exact) mass is 283 g/mol. The first-order chi connectivity index (χ1) is 9.63. The molecule has 0 aliphatic heterocycles. The lowest BCUT2D eigenvalue weighted by Crippen LogP contribution is -1.91. The molecular formula is C16H17N3S. The summed E-state index contributed by atoms with van der Waals surface area (Å²) < 4.78 is 2.15. The van der Waals surface area contributed by atoms with Crippen LogP contribution in [0.2, 0.25) is 0 Å². The zero-order valence-electron chi connectivity index (χ0n) is 11.6. The number of thioether (sulfide) groups is 1. The van der Waals surface area contributed by atoms with E-state index >= 15 is 0 Å². The number of aromatic nitrogens is 2. The molecule has 1 heterocycles. The lowest BCUT2D eigenvalue weighted by atomic mass is 10.2. The Kier molecular flexibility index (Phi) is 3.40. The van der Waals surface area contributed by atoms with E-state index < -0.39 is 0 Å². The summed E-state index contributed by atoms with van der Waals surface area (Å²) in [6.45, 7) is 2.09. The fourth-order valence-corrected chi connectivity index (χ4v) is 3.12. The molecule has 2 N–H and O–H groups in total. The Morgan fingerprint density at radius 1 is 1.15 bits per heavy atom. The Hall–Kier alpha value is -1.94. The lowest BCUT2D eigenvalue weighted by Gasteiger charge is -2.03. The van der Waals surface area contributed by atoms with Gasteiger partial charge in [0.2, 0.25) is 0 Å². The van der Waals surface area contributed by atoms with Crippen LogP contribution in [0.3, 0.4) is 0 Å². The molecule has 0 unspecified atom stereocenters. The third-order valence-corrected chi connectivity index (χ3v) is 4.44. The maximum Gasteiger partial charge on any atom is 0.169 e. The molecule has 0 saturated carbocycles. The van der Waals surface area contributed by atoms with Crippen molar-refractivity contribution in [3.63, 3.8) is 0 Å². The Morgan fingerprint density at radius 3 is 2.65 bits per heavy atom. The van der Waals surface area contributed by atoms with Crippen molar-refractivity contribution < 1.29 is 0 Å². The second-order valence-electron chi connectivity index (χ2n) is 4.98. The zero-order chi connectivity index (χ0) is 14.1. The van der Waals surface area contributed by atoms with Crippen LogP contribution in [0.1, 0.15) is 11.1 Å². The lowest BCUT2D eigenvalue weighted by molar-refractivity contribution is 0.815.